The molecule has 0 N–H and O–H groups in total. The number of thiophene rings is 1. The average molecular weight is 356 g/mol. The van der Waals surface area contributed by atoms with Crippen molar-refractivity contribution in [3.05, 3.63) is 51.2 Å². The van der Waals surface area contributed by atoms with E-state index in [4.69, 9.17) is 4.74 Å². The second-order valence-electron chi connectivity index (χ2n) is 6.80. The predicted molar refractivity (Wildman–Crippen MR) is 102 cm³/mol. The zero-order valence-electron chi connectivity index (χ0n) is 14.7. The number of benzene rings is 1. The van der Waals surface area contributed by atoms with Crippen molar-refractivity contribution < 1.29 is 9.53 Å². The van der Waals surface area contributed by atoms with Crippen LogP contribution in [0.2, 0.25) is 0 Å². The summed E-state index contributed by atoms with van der Waals surface area (Å²) in [5.41, 5.74) is 3.80. The van der Waals surface area contributed by atoms with E-state index in [9.17, 15) is 4.79 Å². The minimum absolute atomic E-state index is 0.135. The quantitative estimate of drug-likeness (QED) is 0.842. The number of fused-ring (bicyclic) bond motifs is 1. The molecule has 0 bridgehead atoms. The molecule has 132 valence electrons. The van der Waals surface area contributed by atoms with Crippen LogP contribution < -0.4 is 4.90 Å². The van der Waals surface area contributed by atoms with Crippen molar-refractivity contribution in [2.75, 3.05) is 38.3 Å². The standard InChI is InChI=1S/C20H24N2O2S/c1-21(20(23)19-13-15-6-4-8-18(15)25-19)14-16-5-2-3-7-17(16)22-9-11-24-12-10-22/h2-3,5,7,13H,4,6,8-12,14H2,1H3. The predicted octanol–water partition coefficient (Wildman–Crippen LogP) is 3.35. The van der Waals surface area contributed by atoms with E-state index in [0.717, 1.165) is 44.0 Å². The first-order valence-electron chi connectivity index (χ1n) is 9.00. The van der Waals surface area contributed by atoms with E-state index in [1.54, 1.807) is 11.3 Å². The Bertz CT molecular complexity index is 743. The molecule has 5 heteroatoms. The van der Waals surface area contributed by atoms with Gasteiger partial charge in [-0.3, -0.25) is 4.79 Å². The van der Waals surface area contributed by atoms with Crippen molar-refractivity contribution in [1.29, 1.82) is 0 Å². The summed E-state index contributed by atoms with van der Waals surface area (Å²) in [6, 6.07) is 10.5. The van der Waals surface area contributed by atoms with Crippen LogP contribution in [0.15, 0.2) is 30.3 Å². The monoisotopic (exact) mass is 356 g/mol. The van der Waals surface area contributed by atoms with Crippen LogP contribution in [0.5, 0.6) is 0 Å². The van der Waals surface area contributed by atoms with E-state index in [0.29, 0.717) is 6.54 Å². The maximum Gasteiger partial charge on any atom is 0.263 e. The molecule has 1 aliphatic carbocycles. The molecule has 1 amide bonds. The molecule has 2 aliphatic rings. The number of para-hydroxylation sites is 1. The Morgan fingerprint density at radius 2 is 2.04 bits per heavy atom. The van der Waals surface area contributed by atoms with Gasteiger partial charge in [-0.1, -0.05) is 18.2 Å². The van der Waals surface area contributed by atoms with Gasteiger partial charge in [0.15, 0.2) is 0 Å². The molecular formula is C20H24N2O2S. The summed E-state index contributed by atoms with van der Waals surface area (Å²) >= 11 is 1.68. The molecule has 1 aliphatic heterocycles. The van der Waals surface area contributed by atoms with Gasteiger partial charge < -0.3 is 14.5 Å². The van der Waals surface area contributed by atoms with Gasteiger partial charge in [0.1, 0.15) is 0 Å². The lowest BCUT2D eigenvalue weighted by Gasteiger charge is -2.31. The Hall–Kier alpha value is -1.85. The number of hydrogen-bond acceptors (Lipinski definition) is 4. The van der Waals surface area contributed by atoms with Crippen LogP contribution in [-0.2, 0) is 24.1 Å². The second kappa shape index (κ2) is 7.18. The van der Waals surface area contributed by atoms with E-state index in [2.05, 4.69) is 35.2 Å². The molecular weight excluding hydrogens is 332 g/mol. The van der Waals surface area contributed by atoms with Crippen LogP contribution in [0, 0.1) is 0 Å². The molecule has 4 nitrogen and oxygen atoms in total. The summed E-state index contributed by atoms with van der Waals surface area (Å²) < 4.78 is 5.46. The van der Waals surface area contributed by atoms with E-state index in [-0.39, 0.29) is 5.91 Å². The molecule has 0 atom stereocenters. The highest BCUT2D eigenvalue weighted by Gasteiger charge is 2.22. The van der Waals surface area contributed by atoms with Crippen molar-refractivity contribution in [1.82, 2.24) is 4.90 Å². The number of amides is 1. The Morgan fingerprint density at radius 3 is 2.84 bits per heavy atom. The van der Waals surface area contributed by atoms with Crippen LogP contribution in [0.4, 0.5) is 5.69 Å². The highest BCUT2D eigenvalue weighted by molar-refractivity contribution is 7.14. The first kappa shape index (κ1) is 16.6. The molecule has 1 saturated heterocycles. The first-order chi connectivity index (χ1) is 12.2. The van der Waals surface area contributed by atoms with Gasteiger partial charge in [-0.15, -0.1) is 11.3 Å². The van der Waals surface area contributed by atoms with Crippen LogP contribution in [0.3, 0.4) is 0 Å². The topological polar surface area (TPSA) is 32.8 Å². The minimum Gasteiger partial charge on any atom is -0.378 e. The molecule has 2 aromatic rings. The van der Waals surface area contributed by atoms with Gasteiger partial charge in [0.25, 0.3) is 5.91 Å². The molecule has 4 rings (SSSR count). The summed E-state index contributed by atoms with van der Waals surface area (Å²) in [6.45, 7) is 3.99. The maximum absolute atomic E-state index is 12.8. The Labute approximate surface area is 153 Å². The number of anilines is 1. The van der Waals surface area contributed by atoms with Gasteiger partial charge in [0.05, 0.1) is 18.1 Å². The van der Waals surface area contributed by atoms with Crippen LogP contribution >= 0.6 is 11.3 Å². The number of carbonyl (C=O) groups excluding carboxylic acids is 1. The lowest BCUT2D eigenvalue weighted by molar-refractivity contribution is 0.0789. The lowest BCUT2D eigenvalue weighted by Crippen LogP contribution is -2.37. The highest BCUT2D eigenvalue weighted by Crippen LogP contribution is 2.31. The normalized spacial score (nSPS) is 16.8. The molecule has 0 saturated carbocycles. The molecule has 1 aromatic carbocycles. The average Bonchev–Trinajstić information content (AvgIpc) is 3.24. The van der Waals surface area contributed by atoms with Crippen LogP contribution in [0.25, 0.3) is 0 Å². The van der Waals surface area contributed by atoms with Gasteiger partial charge in [-0.25, -0.2) is 0 Å². The summed E-state index contributed by atoms with van der Waals surface area (Å²) in [6.07, 6.45) is 3.50. The number of nitrogens with zero attached hydrogens (tertiary/aromatic N) is 2. The highest BCUT2D eigenvalue weighted by atomic mass is 32.1. The molecule has 0 unspecified atom stereocenters. The van der Waals surface area contributed by atoms with Crippen molar-refractivity contribution in [3.8, 4) is 0 Å². The summed E-state index contributed by atoms with van der Waals surface area (Å²) in [5.74, 6) is 0.135. The van der Waals surface area contributed by atoms with Crippen LogP contribution in [-0.4, -0.2) is 44.2 Å². The lowest BCUT2D eigenvalue weighted by atomic mass is 10.1. The van der Waals surface area contributed by atoms with Crippen molar-refractivity contribution in [2.24, 2.45) is 0 Å². The maximum atomic E-state index is 12.8. The van der Waals surface area contributed by atoms with Gasteiger partial charge in [0, 0.05) is 37.2 Å². The number of carbonyl (C=O) groups is 1. The van der Waals surface area contributed by atoms with Crippen molar-refractivity contribution in [2.45, 2.75) is 25.8 Å². The third kappa shape index (κ3) is 3.44. The smallest absolute Gasteiger partial charge is 0.263 e. The number of aryl methyl sites for hydroxylation is 2. The Balaban J connectivity index is 1.50. The molecule has 25 heavy (non-hydrogen) atoms. The fourth-order valence-corrected chi connectivity index (χ4v) is 4.96. The largest absolute Gasteiger partial charge is 0.378 e. The van der Waals surface area contributed by atoms with E-state index in [1.165, 1.54) is 28.1 Å². The SMILES string of the molecule is CN(Cc1ccccc1N1CCOCC1)C(=O)c1cc2c(s1)CCC2. The second-order valence-corrected chi connectivity index (χ2v) is 7.94. The van der Waals surface area contributed by atoms with Crippen LogP contribution in [0.1, 0.15) is 32.1 Å². The minimum atomic E-state index is 0.135. The summed E-state index contributed by atoms with van der Waals surface area (Å²) in [7, 11) is 1.91. The Morgan fingerprint density at radius 1 is 1.24 bits per heavy atom. The van der Waals surface area contributed by atoms with Gasteiger partial charge >= 0.3 is 0 Å². The zero-order chi connectivity index (χ0) is 17.2. The first-order valence-corrected chi connectivity index (χ1v) is 9.81. The van der Waals surface area contributed by atoms with Gasteiger partial charge in [0.2, 0.25) is 0 Å². The molecule has 1 aromatic heterocycles. The number of rotatable bonds is 4. The van der Waals surface area contributed by atoms with Gasteiger partial charge in [-0.05, 0) is 42.5 Å². The summed E-state index contributed by atoms with van der Waals surface area (Å²) in [5, 5.41) is 0. The van der Waals surface area contributed by atoms with E-state index < -0.39 is 0 Å². The number of morpholine rings is 1. The molecule has 2 heterocycles. The Kier molecular flexibility index (Phi) is 4.77. The summed E-state index contributed by atoms with van der Waals surface area (Å²) in [4.78, 5) is 19.3. The third-order valence-corrected chi connectivity index (χ3v) is 6.28. The van der Waals surface area contributed by atoms with Gasteiger partial charge in [-0.2, -0.15) is 0 Å². The fourth-order valence-electron chi connectivity index (χ4n) is 3.71. The van der Waals surface area contributed by atoms with Crippen molar-refractivity contribution >= 4 is 22.9 Å². The fraction of sp³-hybridized carbons (Fsp3) is 0.450. The molecule has 0 spiro atoms. The van der Waals surface area contributed by atoms with Crippen molar-refractivity contribution in [3.63, 3.8) is 0 Å². The van der Waals surface area contributed by atoms with E-state index in [1.807, 2.05) is 11.9 Å². The molecule has 0 radical (unpaired) electrons. The third-order valence-electron chi connectivity index (χ3n) is 5.05. The number of ether oxygens (including phenoxy) is 1. The number of hydrogen-bond donors (Lipinski definition) is 0. The molecule has 1 fully saturated rings. The van der Waals surface area contributed by atoms with E-state index >= 15 is 0 Å². The zero-order valence-corrected chi connectivity index (χ0v) is 15.5.